The summed E-state index contributed by atoms with van der Waals surface area (Å²) in [6, 6.07) is 13.7. The van der Waals surface area contributed by atoms with Crippen LogP contribution in [-0.4, -0.2) is 40.3 Å². The predicted octanol–water partition coefficient (Wildman–Crippen LogP) is 2.21. The standard InChI is InChI=1S/C19H28N4O2S2/c1-16(13-18-9-6-11-26-18)14-22-19(20-2)21-10-12-27(24,25)23-15-17-7-4-3-5-8-17/h3-9,11,16,23H,10,12-15H2,1-2H3,(H2,20,21,22). The summed E-state index contributed by atoms with van der Waals surface area (Å²) in [6.07, 6.45) is 1.01. The summed E-state index contributed by atoms with van der Waals surface area (Å²) in [5.41, 5.74) is 0.936. The molecular formula is C19H28N4O2S2. The van der Waals surface area contributed by atoms with Crippen molar-refractivity contribution in [1.82, 2.24) is 15.4 Å². The molecule has 0 aliphatic heterocycles. The third kappa shape index (κ3) is 8.55. The minimum absolute atomic E-state index is 0.00865. The molecule has 0 aliphatic carbocycles. The Kier molecular flexibility index (Phi) is 8.77. The van der Waals surface area contributed by atoms with Crippen molar-refractivity contribution in [2.45, 2.75) is 19.9 Å². The van der Waals surface area contributed by atoms with Gasteiger partial charge in [-0.2, -0.15) is 0 Å². The summed E-state index contributed by atoms with van der Waals surface area (Å²) in [4.78, 5) is 5.52. The summed E-state index contributed by atoms with van der Waals surface area (Å²) in [7, 11) is -1.66. The first-order valence-electron chi connectivity index (χ1n) is 8.96. The Hall–Kier alpha value is -1.90. The van der Waals surface area contributed by atoms with Gasteiger partial charge in [0, 0.05) is 31.6 Å². The number of nitrogens with one attached hydrogen (secondary N) is 3. The van der Waals surface area contributed by atoms with Crippen LogP contribution >= 0.6 is 11.3 Å². The molecular weight excluding hydrogens is 380 g/mol. The molecule has 8 heteroatoms. The van der Waals surface area contributed by atoms with Gasteiger partial charge in [0.25, 0.3) is 0 Å². The summed E-state index contributed by atoms with van der Waals surface area (Å²) in [6.45, 7) is 3.55. The summed E-state index contributed by atoms with van der Waals surface area (Å²) >= 11 is 1.76. The van der Waals surface area contributed by atoms with Crippen LogP contribution in [0.25, 0.3) is 0 Å². The van der Waals surface area contributed by atoms with Crippen LogP contribution in [0, 0.1) is 5.92 Å². The Labute approximate surface area is 166 Å². The molecule has 0 saturated heterocycles. The number of benzene rings is 1. The summed E-state index contributed by atoms with van der Waals surface area (Å²) < 4.78 is 26.8. The predicted molar refractivity (Wildman–Crippen MR) is 114 cm³/mol. The average molecular weight is 409 g/mol. The van der Waals surface area contributed by atoms with E-state index in [1.165, 1.54) is 4.88 Å². The van der Waals surface area contributed by atoms with E-state index in [9.17, 15) is 8.42 Å². The van der Waals surface area contributed by atoms with Crippen molar-refractivity contribution in [2.24, 2.45) is 10.9 Å². The van der Waals surface area contributed by atoms with E-state index in [0.717, 1.165) is 18.5 Å². The monoisotopic (exact) mass is 408 g/mol. The van der Waals surface area contributed by atoms with Gasteiger partial charge in [-0.15, -0.1) is 11.3 Å². The van der Waals surface area contributed by atoms with Gasteiger partial charge in [0.1, 0.15) is 0 Å². The van der Waals surface area contributed by atoms with Gasteiger partial charge in [-0.3, -0.25) is 4.99 Å². The molecule has 6 nitrogen and oxygen atoms in total. The first-order chi connectivity index (χ1) is 13.0. The lowest BCUT2D eigenvalue weighted by Gasteiger charge is -2.15. The van der Waals surface area contributed by atoms with Crippen molar-refractivity contribution >= 4 is 27.3 Å². The van der Waals surface area contributed by atoms with E-state index in [0.29, 0.717) is 25.0 Å². The zero-order valence-corrected chi connectivity index (χ0v) is 17.4. The molecule has 2 rings (SSSR count). The van der Waals surface area contributed by atoms with Gasteiger partial charge < -0.3 is 10.6 Å². The molecule has 0 bridgehead atoms. The van der Waals surface area contributed by atoms with Gasteiger partial charge in [-0.1, -0.05) is 43.3 Å². The number of guanidine groups is 1. The Balaban J connectivity index is 1.67. The van der Waals surface area contributed by atoms with Gasteiger partial charge in [-0.25, -0.2) is 13.1 Å². The largest absolute Gasteiger partial charge is 0.356 e. The number of aliphatic imine (C=N–C) groups is 1. The molecule has 3 N–H and O–H groups in total. The molecule has 0 spiro atoms. The second-order valence-corrected chi connectivity index (χ2v) is 9.35. The Morgan fingerprint density at radius 3 is 2.59 bits per heavy atom. The third-order valence-corrected chi connectivity index (χ3v) is 6.20. The highest BCUT2D eigenvalue weighted by atomic mass is 32.2. The van der Waals surface area contributed by atoms with Gasteiger partial charge in [0.05, 0.1) is 5.75 Å². The van der Waals surface area contributed by atoms with Crippen molar-refractivity contribution in [3.63, 3.8) is 0 Å². The fraction of sp³-hybridized carbons (Fsp3) is 0.421. The molecule has 1 aromatic carbocycles. The van der Waals surface area contributed by atoms with E-state index in [1.54, 1.807) is 18.4 Å². The van der Waals surface area contributed by atoms with Gasteiger partial charge in [0.15, 0.2) is 5.96 Å². The Morgan fingerprint density at radius 1 is 1.15 bits per heavy atom. The highest BCUT2D eigenvalue weighted by Gasteiger charge is 2.11. The molecule has 1 atom stereocenters. The van der Waals surface area contributed by atoms with Crippen molar-refractivity contribution in [1.29, 1.82) is 0 Å². The number of sulfonamides is 1. The number of rotatable bonds is 10. The Morgan fingerprint density at radius 2 is 1.93 bits per heavy atom. The molecule has 27 heavy (non-hydrogen) atoms. The normalized spacial score (nSPS) is 13.3. The van der Waals surface area contributed by atoms with Gasteiger partial charge in [0.2, 0.25) is 10.0 Å². The molecule has 1 aromatic heterocycles. The molecule has 1 unspecified atom stereocenters. The molecule has 0 amide bonds. The second kappa shape index (κ2) is 11.1. The maximum Gasteiger partial charge on any atom is 0.213 e. The van der Waals surface area contributed by atoms with Crippen LogP contribution in [0.4, 0.5) is 0 Å². The van der Waals surface area contributed by atoms with E-state index in [4.69, 9.17) is 0 Å². The fourth-order valence-corrected chi connectivity index (χ4v) is 4.27. The van der Waals surface area contributed by atoms with E-state index in [-0.39, 0.29) is 5.75 Å². The Bertz CT molecular complexity index is 790. The molecule has 0 saturated carbocycles. The van der Waals surface area contributed by atoms with E-state index in [2.05, 4.69) is 44.8 Å². The zero-order valence-electron chi connectivity index (χ0n) is 15.8. The van der Waals surface area contributed by atoms with Crippen LogP contribution < -0.4 is 15.4 Å². The van der Waals surface area contributed by atoms with Crippen molar-refractivity contribution in [2.75, 3.05) is 25.9 Å². The second-order valence-electron chi connectivity index (χ2n) is 6.39. The maximum absolute atomic E-state index is 12.1. The third-order valence-electron chi connectivity index (χ3n) is 3.97. The van der Waals surface area contributed by atoms with Crippen molar-refractivity contribution < 1.29 is 8.42 Å². The number of hydrogen-bond acceptors (Lipinski definition) is 4. The van der Waals surface area contributed by atoms with E-state index < -0.39 is 10.0 Å². The summed E-state index contributed by atoms with van der Waals surface area (Å²) in [5, 5.41) is 8.40. The number of nitrogens with zero attached hydrogens (tertiary/aromatic N) is 1. The topological polar surface area (TPSA) is 82.6 Å². The van der Waals surface area contributed by atoms with Crippen LogP contribution in [-0.2, 0) is 23.0 Å². The zero-order chi connectivity index (χ0) is 19.5. The number of hydrogen-bond donors (Lipinski definition) is 3. The highest BCUT2D eigenvalue weighted by Crippen LogP contribution is 2.13. The van der Waals surface area contributed by atoms with Crippen LogP contribution in [0.1, 0.15) is 17.4 Å². The summed E-state index contributed by atoms with van der Waals surface area (Å²) in [5.74, 6) is 1.07. The van der Waals surface area contributed by atoms with Crippen molar-refractivity contribution in [3.8, 4) is 0 Å². The first kappa shape index (κ1) is 21.4. The minimum atomic E-state index is -3.34. The van der Waals surface area contributed by atoms with Gasteiger partial charge in [-0.05, 0) is 29.3 Å². The molecule has 0 fully saturated rings. The van der Waals surface area contributed by atoms with Crippen LogP contribution in [0.2, 0.25) is 0 Å². The average Bonchev–Trinajstić information content (AvgIpc) is 3.16. The molecule has 0 aliphatic rings. The lowest BCUT2D eigenvalue weighted by atomic mass is 10.1. The van der Waals surface area contributed by atoms with E-state index in [1.807, 2.05) is 30.3 Å². The van der Waals surface area contributed by atoms with Gasteiger partial charge >= 0.3 is 0 Å². The van der Waals surface area contributed by atoms with Crippen LogP contribution in [0.15, 0.2) is 52.8 Å². The lowest BCUT2D eigenvalue weighted by Crippen LogP contribution is -2.42. The smallest absolute Gasteiger partial charge is 0.213 e. The van der Waals surface area contributed by atoms with Crippen molar-refractivity contribution in [3.05, 3.63) is 58.3 Å². The lowest BCUT2D eigenvalue weighted by molar-refractivity contribution is 0.561. The highest BCUT2D eigenvalue weighted by molar-refractivity contribution is 7.89. The minimum Gasteiger partial charge on any atom is -0.356 e. The van der Waals surface area contributed by atoms with Crippen LogP contribution in [0.3, 0.4) is 0 Å². The molecule has 2 aromatic rings. The van der Waals surface area contributed by atoms with E-state index >= 15 is 0 Å². The fourth-order valence-electron chi connectivity index (χ4n) is 2.50. The SMILES string of the molecule is CN=C(NCCS(=O)(=O)NCc1ccccc1)NCC(C)Cc1cccs1. The quantitative estimate of drug-likeness (QED) is 0.416. The maximum atomic E-state index is 12.1. The molecule has 1 heterocycles. The molecule has 148 valence electrons. The van der Waals surface area contributed by atoms with Crippen LogP contribution in [0.5, 0.6) is 0 Å². The first-order valence-corrected chi connectivity index (χ1v) is 11.5. The molecule has 0 radical (unpaired) electrons. The number of thiophene rings is 1.